The summed E-state index contributed by atoms with van der Waals surface area (Å²) < 4.78 is 0. The third-order valence-corrected chi connectivity index (χ3v) is 9.21. The lowest BCUT2D eigenvalue weighted by Crippen LogP contribution is -2.10. The molecule has 2 heteroatoms. The van der Waals surface area contributed by atoms with Crippen LogP contribution in [0.4, 0.5) is 34.1 Å². The number of nitrogens with zero attached hydrogens (tertiary/aromatic N) is 2. The molecule has 7 aromatic carbocycles. The Kier molecular flexibility index (Phi) is 10.3. The molecule has 0 aliphatic carbocycles. The van der Waals surface area contributed by atoms with Gasteiger partial charge in [0.25, 0.3) is 0 Å². The molecule has 52 heavy (non-hydrogen) atoms. The molecule has 0 amide bonds. The van der Waals surface area contributed by atoms with Crippen LogP contribution >= 0.6 is 0 Å². The predicted octanol–water partition coefficient (Wildman–Crippen LogP) is 14.2. The highest BCUT2D eigenvalue weighted by Gasteiger charge is 2.14. The van der Waals surface area contributed by atoms with Crippen LogP contribution in [0.15, 0.2) is 170 Å². The lowest BCUT2D eigenvalue weighted by Gasteiger charge is -2.26. The Morgan fingerprint density at radius 1 is 0.269 bits per heavy atom. The fourth-order valence-corrected chi connectivity index (χ4v) is 6.53. The van der Waals surface area contributed by atoms with Crippen molar-refractivity contribution in [3.63, 3.8) is 0 Å². The van der Waals surface area contributed by atoms with Crippen molar-refractivity contribution in [3.8, 4) is 0 Å². The predicted molar refractivity (Wildman–Crippen MR) is 225 cm³/mol. The normalized spacial score (nSPS) is 11.3. The second kappa shape index (κ2) is 15.7. The van der Waals surface area contributed by atoms with Crippen LogP contribution in [-0.4, -0.2) is 0 Å². The first-order chi connectivity index (χ1) is 25.4. The van der Waals surface area contributed by atoms with E-state index in [1.165, 1.54) is 33.4 Å². The Morgan fingerprint density at radius 2 is 0.500 bits per heavy atom. The molecule has 254 valence electrons. The standard InChI is InChI=1S/C50H44N2/c1-37-9-5-13-47(33-37)51(48-14-6-10-38(2)34-48)45-29-25-43(26-30-45)23-21-41-17-19-42(20-18-41)22-24-44-27-31-46(32-28-44)52(49-15-7-11-39(3)35-49)50-16-8-12-40(4)36-50/h5-36H,1-4H3. The molecule has 0 bridgehead atoms. The van der Waals surface area contributed by atoms with Crippen molar-refractivity contribution in [1.29, 1.82) is 0 Å². The molecular weight excluding hydrogens is 629 g/mol. The summed E-state index contributed by atoms with van der Waals surface area (Å²) >= 11 is 0. The van der Waals surface area contributed by atoms with Gasteiger partial charge in [-0.1, -0.05) is 121 Å². The van der Waals surface area contributed by atoms with Crippen LogP contribution in [0.1, 0.15) is 44.5 Å². The van der Waals surface area contributed by atoms with Crippen molar-refractivity contribution < 1.29 is 0 Å². The number of hydrogen-bond donors (Lipinski definition) is 0. The third-order valence-electron chi connectivity index (χ3n) is 9.21. The van der Waals surface area contributed by atoms with Crippen LogP contribution in [-0.2, 0) is 0 Å². The molecule has 7 rings (SSSR count). The fourth-order valence-electron chi connectivity index (χ4n) is 6.53. The molecule has 0 aliphatic heterocycles. The first kappa shape index (κ1) is 34.1. The van der Waals surface area contributed by atoms with E-state index in [9.17, 15) is 0 Å². The Morgan fingerprint density at radius 3 is 0.731 bits per heavy atom. The van der Waals surface area contributed by atoms with E-state index in [0.29, 0.717) is 0 Å². The minimum atomic E-state index is 1.13. The second-order valence-electron chi connectivity index (χ2n) is 13.5. The van der Waals surface area contributed by atoms with Crippen molar-refractivity contribution >= 4 is 58.4 Å². The fraction of sp³-hybridized carbons (Fsp3) is 0.0800. The molecule has 0 atom stereocenters. The van der Waals surface area contributed by atoms with Gasteiger partial charge in [-0.05, 0) is 145 Å². The maximum atomic E-state index is 2.32. The third kappa shape index (κ3) is 8.31. The molecule has 0 aromatic heterocycles. The molecule has 0 saturated heterocycles. The lowest BCUT2D eigenvalue weighted by molar-refractivity contribution is 1.26. The summed E-state index contributed by atoms with van der Waals surface area (Å²) in [5.41, 5.74) is 16.5. The summed E-state index contributed by atoms with van der Waals surface area (Å²) in [6.45, 7) is 8.56. The number of aryl methyl sites for hydroxylation is 4. The van der Waals surface area contributed by atoms with Crippen molar-refractivity contribution in [1.82, 2.24) is 0 Å². The number of rotatable bonds is 10. The molecular formula is C50H44N2. The van der Waals surface area contributed by atoms with Crippen LogP contribution in [0.3, 0.4) is 0 Å². The molecule has 7 aromatic rings. The highest BCUT2D eigenvalue weighted by molar-refractivity contribution is 5.80. The van der Waals surface area contributed by atoms with E-state index in [4.69, 9.17) is 0 Å². The van der Waals surface area contributed by atoms with Crippen LogP contribution < -0.4 is 9.80 Å². The second-order valence-corrected chi connectivity index (χ2v) is 13.5. The van der Waals surface area contributed by atoms with Crippen molar-refractivity contribution in [2.45, 2.75) is 27.7 Å². The smallest absolute Gasteiger partial charge is 0.0464 e. The van der Waals surface area contributed by atoms with Crippen LogP contribution in [0.2, 0.25) is 0 Å². The molecule has 0 unspecified atom stereocenters. The number of benzene rings is 7. The van der Waals surface area contributed by atoms with Gasteiger partial charge >= 0.3 is 0 Å². The van der Waals surface area contributed by atoms with Crippen LogP contribution in [0.25, 0.3) is 24.3 Å². The van der Waals surface area contributed by atoms with Crippen molar-refractivity contribution in [2.24, 2.45) is 0 Å². The van der Waals surface area contributed by atoms with E-state index < -0.39 is 0 Å². The molecule has 0 spiro atoms. The summed E-state index contributed by atoms with van der Waals surface area (Å²) in [5.74, 6) is 0. The molecule has 0 aliphatic rings. The summed E-state index contributed by atoms with van der Waals surface area (Å²) in [4.78, 5) is 4.64. The highest BCUT2D eigenvalue weighted by atomic mass is 15.1. The molecule has 0 heterocycles. The van der Waals surface area contributed by atoms with Gasteiger partial charge in [-0.25, -0.2) is 0 Å². The van der Waals surface area contributed by atoms with Gasteiger partial charge in [-0.2, -0.15) is 0 Å². The van der Waals surface area contributed by atoms with Crippen LogP contribution in [0.5, 0.6) is 0 Å². The first-order valence-corrected chi connectivity index (χ1v) is 17.9. The Labute approximate surface area is 309 Å². The van der Waals surface area contributed by atoms with Gasteiger partial charge in [-0.15, -0.1) is 0 Å². The van der Waals surface area contributed by atoms with Crippen molar-refractivity contribution in [2.75, 3.05) is 9.80 Å². The average molecular weight is 673 g/mol. The van der Waals surface area contributed by atoms with Gasteiger partial charge < -0.3 is 9.80 Å². The molecule has 0 N–H and O–H groups in total. The minimum Gasteiger partial charge on any atom is -0.310 e. The average Bonchev–Trinajstić information content (AvgIpc) is 3.15. The monoisotopic (exact) mass is 672 g/mol. The van der Waals surface area contributed by atoms with Crippen molar-refractivity contribution in [3.05, 3.63) is 214 Å². The molecule has 0 saturated carbocycles. The summed E-state index contributed by atoms with van der Waals surface area (Å²) in [7, 11) is 0. The molecule has 0 radical (unpaired) electrons. The number of hydrogen-bond acceptors (Lipinski definition) is 2. The largest absolute Gasteiger partial charge is 0.310 e. The van der Waals surface area contributed by atoms with Gasteiger partial charge in [0.15, 0.2) is 0 Å². The topological polar surface area (TPSA) is 6.48 Å². The van der Waals surface area contributed by atoms with E-state index in [-0.39, 0.29) is 0 Å². The van der Waals surface area contributed by atoms with Gasteiger partial charge in [0.2, 0.25) is 0 Å². The van der Waals surface area contributed by atoms with E-state index in [1.807, 2.05) is 0 Å². The Hall–Kier alpha value is -6.38. The van der Waals surface area contributed by atoms with E-state index >= 15 is 0 Å². The highest BCUT2D eigenvalue weighted by Crippen LogP contribution is 2.37. The zero-order valence-electron chi connectivity index (χ0n) is 30.4. The summed E-state index contributed by atoms with van der Waals surface area (Å²) in [5, 5.41) is 0. The molecule has 0 fully saturated rings. The minimum absolute atomic E-state index is 1.13. The quantitative estimate of drug-likeness (QED) is 0.133. The van der Waals surface area contributed by atoms with E-state index in [0.717, 1.165) is 45.3 Å². The maximum Gasteiger partial charge on any atom is 0.0464 e. The first-order valence-electron chi connectivity index (χ1n) is 17.9. The van der Waals surface area contributed by atoms with Gasteiger partial charge in [0.1, 0.15) is 0 Å². The van der Waals surface area contributed by atoms with Crippen LogP contribution in [0, 0.1) is 27.7 Å². The summed E-state index contributed by atoms with van der Waals surface area (Å²) in [6, 6.07) is 60.9. The number of anilines is 6. The lowest BCUT2D eigenvalue weighted by atomic mass is 10.1. The zero-order chi connectivity index (χ0) is 35.9. The summed E-state index contributed by atoms with van der Waals surface area (Å²) in [6.07, 6.45) is 8.70. The van der Waals surface area contributed by atoms with E-state index in [2.05, 4.69) is 232 Å². The van der Waals surface area contributed by atoms with Gasteiger partial charge in [-0.3, -0.25) is 0 Å². The van der Waals surface area contributed by atoms with Gasteiger partial charge in [0, 0.05) is 34.1 Å². The maximum absolute atomic E-state index is 2.32. The SMILES string of the molecule is Cc1cccc(N(c2ccc(C=Cc3ccc(C=Cc4ccc(N(c5cccc(C)c5)c5cccc(C)c5)cc4)cc3)cc2)c2cccc(C)c2)c1. The van der Waals surface area contributed by atoms with Gasteiger partial charge in [0.05, 0.1) is 0 Å². The Bertz CT molecular complexity index is 2070. The zero-order valence-corrected chi connectivity index (χ0v) is 30.4. The molecule has 2 nitrogen and oxygen atoms in total. The Balaban J connectivity index is 1.03. The van der Waals surface area contributed by atoms with E-state index in [1.54, 1.807) is 0 Å².